The normalized spacial score (nSPS) is 10.9. The molecular weight excluding hydrogens is 244 g/mol. The van der Waals surface area contributed by atoms with Crippen molar-refractivity contribution in [2.75, 3.05) is 11.9 Å². The standard InChI is InChI=1S/C13H18N4S/c1-4-10-8-14-6-5-11(10)12-16-13(18-17-12)15-7-9(2)3/h5-6,8-9H,4,7H2,1-3H3,(H,15,16,17). The number of hydrogen-bond acceptors (Lipinski definition) is 5. The van der Waals surface area contributed by atoms with Gasteiger partial charge in [-0.05, 0) is 24.0 Å². The minimum atomic E-state index is 0.601. The lowest BCUT2D eigenvalue weighted by Gasteiger charge is -2.04. The van der Waals surface area contributed by atoms with Crippen LogP contribution in [0.2, 0.25) is 0 Å². The second-order valence-electron chi connectivity index (χ2n) is 4.58. The van der Waals surface area contributed by atoms with E-state index in [2.05, 4.69) is 40.4 Å². The second kappa shape index (κ2) is 5.91. The Bertz CT molecular complexity index is 507. The van der Waals surface area contributed by atoms with Gasteiger partial charge in [-0.15, -0.1) is 0 Å². The third-order valence-electron chi connectivity index (χ3n) is 2.61. The van der Waals surface area contributed by atoms with Gasteiger partial charge in [0.2, 0.25) is 5.13 Å². The Morgan fingerprint density at radius 2 is 2.22 bits per heavy atom. The summed E-state index contributed by atoms with van der Waals surface area (Å²) in [6.45, 7) is 7.39. The molecule has 0 spiro atoms. The van der Waals surface area contributed by atoms with Gasteiger partial charge in [-0.2, -0.15) is 9.36 Å². The summed E-state index contributed by atoms with van der Waals surface area (Å²) in [5.74, 6) is 1.40. The van der Waals surface area contributed by atoms with Crippen LogP contribution in [0.3, 0.4) is 0 Å². The van der Waals surface area contributed by atoms with Crippen LogP contribution >= 0.6 is 11.5 Å². The molecule has 0 amide bonds. The minimum absolute atomic E-state index is 0.601. The average Bonchev–Trinajstić information content (AvgIpc) is 2.85. The summed E-state index contributed by atoms with van der Waals surface area (Å²) >= 11 is 1.41. The molecule has 0 bridgehead atoms. The average molecular weight is 262 g/mol. The van der Waals surface area contributed by atoms with E-state index in [1.165, 1.54) is 17.1 Å². The molecule has 0 aliphatic heterocycles. The molecule has 2 heterocycles. The van der Waals surface area contributed by atoms with Crippen LogP contribution in [0.4, 0.5) is 5.13 Å². The molecule has 0 aliphatic carbocycles. The van der Waals surface area contributed by atoms with Crippen LogP contribution in [0.1, 0.15) is 26.3 Å². The number of aromatic nitrogens is 3. The fourth-order valence-electron chi connectivity index (χ4n) is 1.62. The van der Waals surface area contributed by atoms with E-state index < -0.39 is 0 Å². The first-order chi connectivity index (χ1) is 8.70. The molecule has 18 heavy (non-hydrogen) atoms. The number of hydrogen-bond donors (Lipinski definition) is 1. The Balaban J connectivity index is 2.18. The zero-order valence-electron chi connectivity index (χ0n) is 11.0. The van der Waals surface area contributed by atoms with Crippen LogP contribution in [0.5, 0.6) is 0 Å². The molecule has 0 fully saturated rings. The zero-order chi connectivity index (χ0) is 13.0. The lowest BCUT2D eigenvalue weighted by atomic mass is 10.1. The summed E-state index contributed by atoms with van der Waals surface area (Å²) in [4.78, 5) is 8.67. The van der Waals surface area contributed by atoms with E-state index in [-0.39, 0.29) is 0 Å². The fraction of sp³-hybridized carbons (Fsp3) is 0.462. The molecule has 2 aromatic rings. The fourth-order valence-corrected chi connectivity index (χ4v) is 2.21. The molecule has 96 valence electrons. The summed E-state index contributed by atoms with van der Waals surface area (Å²) in [5.41, 5.74) is 2.27. The monoisotopic (exact) mass is 262 g/mol. The summed E-state index contributed by atoms with van der Waals surface area (Å²) in [6, 6.07) is 1.98. The smallest absolute Gasteiger partial charge is 0.202 e. The van der Waals surface area contributed by atoms with Crippen LogP contribution in [-0.2, 0) is 6.42 Å². The zero-order valence-corrected chi connectivity index (χ0v) is 11.8. The van der Waals surface area contributed by atoms with E-state index >= 15 is 0 Å². The Hall–Kier alpha value is -1.49. The Kier molecular flexibility index (Phi) is 4.25. The van der Waals surface area contributed by atoms with E-state index in [0.29, 0.717) is 5.92 Å². The number of rotatable bonds is 5. The van der Waals surface area contributed by atoms with Gasteiger partial charge in [0.1, 0.15) is 0 Å². The van der Waals surface area contributed by atoms with Crippen LogP contribution in [-0.4, -0.2) is 20.9 Å². The highest BCUT2D eigenvalue weighted by Gasteiger charge is 2.10. The Morgan fingerprint density at radius 3 is 2.94 bits per heavy atom. The highest BCUT2D eigenvalue weighted by molar-refractivity contribution is 7.09. The molecule has 0 aliphatic rings. The number of nitrogens with zero attached hydrogens (tertiary/aromatic N) is 3. The first-order valence-corrected chi connectivity index (χ1v) is 6.99. The summed E-state index contributed by atoms with van der Waals surface area (Å²) in [5, 5.41) is 4.19. The molecule has 2 rings (SSSR count). The third kappa shape index (κ3) is 3.04. The van der Waals surface area contributed by atoms with E-state index in [1.807, 2.05) is 12.3 Å². The van der Waals surface area contributed by atoms with Gasteiger partial charge in [0, 0.05) is 36.0 Å². The van der Waals surface area contributed by atoms with Crippen molar-refractivity contribution in [1.82, 2.24) is 14.3 Å². The molecule has 2 aromatic heterocycles. The van der Waals surface area contributed by atoms with Crippen molar-refractivity contribution >= 4 is 16.7 Å². The maximum absolute atomic E-state index is 4.53. The molecule has 0 saturated heterocycles. The molecule has 1 N–H and O–H groups in total. The molecule has 0 unspecified atom stereocenters. The van der Waals surface area contributed by atoms with Gasteiger partial charge in [0.25, 0.3) is 0 Å². The molecule has 0 radical (unpaired) electrons. The van der Waals surface area contributed by atoms with Gasteiger partial charge in [-0.25, -0.2) is 0 Å². The molecule has 4 nitrogen and oxygen atoms in total. The number of nitrogens with one attached hydrogen (secondary N) is 1. The van der Waals surface area contributed by atoms with E-state index in [4.69, 9.17) is 0 Å². The molecule has 0 atom stereocenters. The number of aryl methyl sites for hydroxylation is 1. The van der Waals surface area contributed by atoms with Gasteiger partial charge in [-0.3, -0.25) is 4.98 Å². The molecule has 0 saturated carbocycles. The summed E-state index contributed by atoms with van der Waals surface area (Å²) in [7, 11) is 0. The molecule has 0 aromatic carbocycles. The van der Waals surface area contributed by atoms with Crippen molar-refractivity contribution in [3.05, 3.63) is 24.0 Å². The number of anilines is 1. The van der Waals surface area contributed by atoms with Gasteiger partial charge in [0.05, 0.1) is 0 Å². The first-order valence-electron chi connectivity index (χ1n) is 6.21. The largest absolute Gasteiger partial charge is 0.360 e. The Morgan fingerprint density at radius 1 is 1.39 bits per heavy atom. The van der Waals surface area contributed by atoms with Crippen molar-refractivity contribution < 1.29 is 0 Å². The van der Waals surface area contributed by atoms with Gasteiger partial charge in [-0.1, -0.05) is 20.8 Å². The van der Waals surface area contributed by atoms with Gasteiger partial charge < -0.3 is 5.32 Å². The third-order valence-corrected chi connectivity index (χ3v) is 3.29. The van der Waals surface area contributed by atoms with Gasteiger partial charge >= 0.3 is 0 Å². The maximum atomic E-state index is 4.53. The van der Waals surface area contributed by atoms with Crippen LogP contribution in [0.25, 0.3) is 11.4 Å². The Labute approximate surface area is 112 Å². The summed E-state index contributed by atoms with van der Waals surface area (Å²) < 4.78 is 4.41. The maximum Gasteiger partial charge on any atom is 0.202 e. The predicted octanol–water partition coefficient (Wildman–Crippen LogP) is 3.23. The second-order valence-corrected chi connectivity index (χ2v) is 5.34. The SMILES string of the molecule is CCc1cnccc1-c1nsc(NCC(C)C)n1. The quantitative estimate of drug-likeness (QED) is 0.898. The van der Waals surface area contributed by atoms with Crippen molar-refractivity contribution in [2.24, 2.45) is 5.92 Å². The van der Waals surface area contributed by atoms with Crippen LogP contribution in [0.15, 0.2) is 18.5 Å². The highest BCUT2D eigenvalue weighted by Crippen LogP contribution is 2.24. The lowest BCUT2D eigenvalue weighted by molar-refractivity contribution is 0.688. The lowest BCUT2D eigenvalue weighted by Crippen LogP contribution is -2.07. The first kappa shape index (κ1) is 13.0. The van der Waals surface area contributed by atoms with Crippen LogP contribution < -0.4 is 5.32 Å². The van der Waals surface area contributed by atoms with Gasteiger partial charge in [0.15, 0.2) is 5.82 Å². The van der Waals surface area contributed by atoms with Crippen molar-refractivity contribution in [2.45, 2.75) is 27.2 Å². The van der Waals surface area contributed by atoms with E-state index in [9.17, 15) is 0 Å². The topological polar surface area (TPSA) is 50.7 Å². The van der Waals surface area contributed by atoms with Crippen molar-refractivity contribution in [3.63, 3.8) is 0 Å². The predicted molar refractivity (Wildman–Crippen MR) is 75.8 cm³/mol. The van der Waals surface area contributed by atoms with Crippen molar-refractivity contribution in [3.8, 4) is 11.4 Å². The van der Waals surface area contributed by atoms with Crippen molar-refractivity contribution in [1.29, 1.82) is 0 Å². The number of pyridine rings is 1. The van der Waals surface area contributed by atoms with Crippen LogP contribution in [0, 0.1) is 5.92 Å². The molecule has 5 heteroatoms. The summed E-state index contributed by atoms with van der Waals surface area (Å²) in [6.07, 6.45) is 4.62. The molecular formula is C13H18N4S. The highest BCUT2D eigenvalue weighted by atomic mass is 32.1. The van der Waals surface area contributed by atoms with E-state index in [0.717, 1.165) is 29.5 Å². The minimum Gasteiger partial charge on any atom is -0.360 e. The van der Waals surface area contributed by atoms with E-state index in [1.54, 1.807) is 6.20 Å².